The lowest BCUT2D eigenvalue weighted by atomic mass is 9.99. The molecule has 0 aromatic heterocycles. The van der Waals surface area contributed by atoms with E-state index in [9.17, 15) is 5.11 Å². The van der Waals surface area contributed by atoms with Crippen LogP contribution in [0.15, 0.2) is 83.4 Å². The monoisotopic (exact) mass is 463 g/mol. The predicted octanol–water partition coefficient (Wildman–Crippen LogP) is 7.14. The van der Waals surface area contributed by atoms with Gasteiger partial charge in [0.2, 0.25) is 0 Å². The van der Waals surface area contributed by atoms with Crippen molar-refractivity contribution in [3.8, 4) is 11.5 Å². The summed E-state index contributed by atoms with van der Waals surface area (Å²) in [5.41, 5.74) is 1.33. The zero-order valence-corrected chi connectivity index (χ0v) is 20.7. The number of benzene rings is 2. The normalized spacial score (nSPS) is 14.4. The van der Waals surface area contributed by atoms with Crippen LogP contribution in [0.1, 0.15) is 58.4 Å². The van der Waals surface area contributed by atoms with E-state index in [1.165, 1.54) is 6.42 Å². The fraction of sp³-hybridized carbons (Fsp3) is 0.357. The van der Waals surface area contributed by atoms with Gasteiger partial charge in [0.05, 0.1) is 24.4 Å². The highest BCUT2D eigenvalue weighted by Crippen LogP contribution is 2.26. The van der Waals surface area contributed by atoms with Gasteiger partial charge in [0.25, 0.3) is 0 Å². The Hall–Kier alpha value is -3.54. The quantitative estimate of drug-likeness (QED) is 0.220. The Morgan fingerprint density at radius 3 is 2.29 bits per heavy atom. The van der Waals surface area contributed by atoms with E-state index in [1.807, 2.05) is 48.5 Å². The van der Waals surface area contributed by atoms with Gasteiger partial charge in [-0.15, -0.1) is 0 Å². The topological polar surface area (TPSA) is 86.9 Å². The minimum absolute atomic E-state index is 0.141. The van der Waals surface area contributed by atoms with Gasteiger partial charge >= 0.3 is 0 Å². The molecule has 0 aliphatic heterocycles. The van der Waals surface area contributed by atoms with Crippen LogP contribution in [-0.2, 0) is 4.74 Å². The van der Waals surface area contributed by atoms with E-state index in [4.69, 9.17) is 19.9 Å². The molecule has 6 nitrogen and oxygen atoms in total. The number of rotatable bonds is 8. The summed E-state index contributed by atoms with van der Waals surface area (Å²) in [6, 6.07) is 17.0. The minimum Gasteiger partial charge on any atom is -0.501 e. The van der Waals surface area contributed by atoms with E-state index >= 15 is 0 Å². The van der Waals surface area contributed by atoms with Crippen LogP contribution >= 0.6 is 0 Å². The van der Waals surface area contributed by atoms with Gasteiger partial charge in [-0.05, 0) is 50.6 Å². The number of aliphatic hydroxyl groups is 1. The van der Waals surface area contributed by atoms with E-state index in [1.54, 1.807) is 20.1 Å². The molecule has 1 aliphatic rings. The van der Waals surface area contributed by atoms with Crippen molar-refractivity contribution in [3.63, 3.8) is 0 Å². The molecule has 0 saturated heterocycles. The largest absolute Gasteiger partial charge is 0.501 e. The fourth-order valence-electron chi connectivity index (χ4n) is 3.56. The summed E-state index contributed by atoms with van der Waals surface area (Å²) >= 11 is 0. The number of hydrogen-bond acceptors (Lipinski definition) is 5. The molecule has 34 heavy (non-hydrogen) atoms. The number of para-hydroxylation sites is 1. The van der Waals surface area contributed by atoms with E-state index in [2.05, 4.69) is 25.7 Å². The van der Waals surface area contributed by atoms with Gasteiger partial charge in [-0.3, -0.25) is 10.4 Å². The standard InChI is InChI=1S/C25H29N3O3.C3H8/c1-17(30-3)23(25(27-18(2)29)28-20-11-7-8-12-20)24(26)19-10-9-15-22(16-19)31-21-13-5-4-6-14-21;1-3-2/h4-6,9-10,13-16,20,26,29H,2,7-8,11-12H2,1,3H3,(H,27,28);3H2,1-2H3/b23-17+,26-24?;. The van der Waals surface area contributed by atoms with Crippen molar-refractivity contribution in [2.24, 2.45) is 4.99 Å². The van der Waals surface area contributed by atoms with Crippen molar-refractivity contribution in [2.45, 2.75) is 58.9 Å². The van der Waals surface area contributed by atoms with E-state index in [0.717, 1.165) is 31.4 Å². The van der Waals surface area contributed by atoms with Crippen molar-refractivity contribution in [1.29, 1.82) is 5.41 Å². The summed E-state index contributed by atoms with van der Waals surface area (Å²) in [5.74, 6) is 2.02. The highest BCUT2D eigenvalue weighted by atomic mass is 16.5. The molecule has 3 N–H and O–H groups in total. The van der Waals surface area contributed by atoms with Crippen molar-refractivity contribution < 1.29 is 14.6 Å². The van der Waals surface area contributed by atoms with Crippen molar-refractivity contribution >= 4 is 11.5 Å². The summed E-state index contributed by atoms with van der Waals surface area (Å²) < 4.78 is 11.4. The SMILES string of the molecule is C=C(O)NC(=NC1CCCC1)/C(C(=N)c1cccc(Oc2ccccc2)c1)=C(\C)OC.CCC. The second-order valence-corrected chi connectivity index (χ2v) is 8.15. The lowest BCUT2D eigenvalue weighted by molar-refractivity contribution is 0.292. The van der Waals surface area contributed by atoms with Gasteiger partial charge in [0, 0.05) is 5.56 Å². The molecule has 0 heterocycles. The molecule has 0 atom stereocenters. The second-order valence-electron chi connectivity index (χ2n) is 8.15. The molecular weight excluding hydrogens is 426 g/mol. The lowest BCUT2D eigenvalue weighted by Crippen LogP contribution is -2.30. The Morgan fingerprint density at radius 2 is 1.71 bits per heavy atom. The number of hydrogen-bond donors (Lipinski definition) is 3. The molecule has 3 rings (SSSR count). The predicted molar refractivity (Wildman–Crippen MR) is 140 cm³/mol. The number of methoxy groups -OCH3 is 1. The molecule has 1 aliphatic carbocycles. The van der Waals surface area contributed by atoms with E-state index < -0.39 is 0 Å². The van der Waals surface area contributed by atoms with Crippen molar-refractivity contribution in [2.75, 3.05) is 7.11 Å². The maximum atomic E-state index is 9.82. The van der Waals surface area contributed by atoms with Crippen LogP contribution in [0, 0.1) is 5.41 Å². The van der Waals surface area contributed by atoms with Crippen molar-refractivity contribution in [3.05, 3.63) is 84.0 Å². The fourth-order valence-corrected chi connectivity index (χ4v) is 3.56. The van der Waals surface area contributed by atoms with Crippen LogP contribution in [0.25, 0.3) is 0 Å². The number of ether oxygens (including phenoxy) is 2. The van der Waals surface area contributed by atoms with Crippen LogP contribution in [-0.4, -0.2) is 29.8 Å². The molecule has 1 saturated carbocycles. The molecular formula is C28H37N3O3. The molecule has 0 radical (unpaired) electrons. The van der Waals surface area contributed by atoms with Crippen LogP contribution in [0.2, 0.25) is 0 Å². The number of allylic oxidation sites excluding steroid dienone is 1. The van der Waals surface area contributed by atoms with E-state index in [-0.39, 0.29) is 17.6 Å². The average molecular weight is 464 g/mol. The van der Waals surface area contributed by atoms with Crippen molar-refractivity contribution in [1.82, 2.24) is 5.32 Å². The summed E-state index contributed by atoms with van der Waals surface area (Å²) in [7, 11) is 1.55. The zero-order valence-electron chi connectivity index (χ0n) is 20.7. The smallest absolute Gasteiger partial charge is 0.182 e. The van der Waals surface area contributed by atoms with Gasteiger partial charge < -0.3 is 19.9 Å². The molecule has 0 unspecified atom stereocenters. The number of aliphatic hydroxyl groups excluding tert-OH is 1. The Bertz CT molecular complexity index is 1010. The Balaban J connectivity index is 0.00000129. The molecule has 2 aromatic carbocycles. The molecule has 0 amide bonds. The van der Waals surface area contributed by atoms with Gasteiger partial charge in [0.15, 0.2) is 5.88 Å². The zero-order chi connectivity index (χ0) is 24.9. The van der Waals surface area contributed by atoms with Gasteiger partial charge in [-0.2, -0.15) is 0 Å². The Morgan fingerprint density at radius 1 is 1.09 bits per heavy atom. The first-order valence-electron chi connectivity index (χ1n) is 11.8. The third-order valence-electron chi connectivity index (χ3n) is 5.15. The Kier molecular flexibility index (Phi) is 10.9. The molecule has 1 fully saturated rings. The highest BCUT2D eigenvalue weighted by Gasteiger charge is 2.23. The van der Waals surface area contributed by atoms with Crippen LogP contribution < -0.4 is 10.1 Å². The number of aliphatic imine (C=N–C) groups is 1. The third-order valence-corrected chi connectivity index (χ3v) is 5.15. The van der Waals surface area contributed by atoms with Crippen LogP contribution in [0.3, 0.4) is 0 Å². The Labute approximate surface area is 203 Å². The van der Waals surface area contributed by atoms with Crippen LogP contribution in [0.4, 0.5) is 0 Å². The lowest BCUT2D eigenvalue weighted by Gasteiger charge is -2.18. The first kappa shape index (κ1) is 26.7. The van der Waals surface area contributed by atoms with Gasteiger partial charge in [-0.25, -0.2) is 0 Å². The first-order valence-corrected chi connectivity index (χ1v) is 11.8. The molecule has 6 heteroatoms. The van der Waals surface area contributed by atoms with Gasteiger partial charge in [-0.1, -0.05) is 63.4 Å². The van der Waals surface area contributed by atoms with E-state index in [0.29, 0.717) is 28.5 Å². The number of nitrogens with zero attached hydrogens (tertiary/aromatic N) is 1. The minimum atomic E-state index is -0.230. The molecule has 0 spiro atoms. The summed E-state index contributed by atoms with van der Waals surface area (Å²) in [6.07, 6.45) is 5.46. The molecule has 182 valence electrons. The summed E-state index contributed by atoms with van der Waals surface area (Å²) in [4.78, 5) is 4.80. The van der Waals surface area contributed by atoms with Gasteiger partial charge in [0.1, 0.15) is 23.1 Å². The highest BCUT2D eigenvalue weighted by molar-refractivity contribution is 6.29. The second kappa shape index (κ2) is 13.9. The number of amidine groups is 1. The number of nitrogens with one attached hydrogen (secondary N) is 2. The maximum Gasteiger partial charge on any atom is 0.182 e. The molecule has 2 aromatic rings. The third kappa shape index (κ3) is 8.10. The molecule has 0 bridgehead atoms. The first-order chi connectivity index (χ1) is 16.4. The summed E-state index contributed by atoms with van der Waals surface area (Å²) in [6.45, 7) is 9.57. The average Bonchev–Trinajstić information content (AvgIpc) is 3.33. The summed E-state index contributed by atoms with van der Waals surface area (Å²) in [5, 5.41) is 21.6. The maximum absolute atomic E-state index is 9.82. The van der Waals surface area contributed by atoms with Crippen LogP contribution in [0.5, 0.6) is 11.5 Å².